The van der Waals surface area contributed by atoms with E-state index in [9.17, 15) is 9.90 Å². The number of piperidine rings is 1. The zero-order valence-corrected chi connectivity index (χ0v) is 19.1. The number of nitrogens with zero attached hydrogens (tertiary/aromatic N) is 1. The molecule has 1 aliphatic heterocycles. The molecule has 2 aromatic rings. The number of rotatable bonds is 9. The van der Waals surface area contributed by atoms with E-state index in [2.05, 4.69) is 27.7 Å². The van der Waals surface area contributed by atoms with Gasteiger partial charge in [0.25, 0.3) is 0 Å². The number of likely N-dealkylation sites (tertiary alicyclic amines) is 1. The van der Waals surface area contributed by atoms with Crippen molar-refractivity contribution in [2.45, 2.75) is 37.4 Å². The zero-order valence-electron chi connectivity index (χ0n) is 17.6. The summed E-state index contributed by atoms with van der Waals surface area (Å²) in [6.45, 7) is 3.76. The average molecular weight is 466 g/mol. The Morgan fingerprint density at radius 2 is 1.94 bits per heavy atom. The molecule has 1 aliphatic rings. The minimum atomic E-state index is -0.677. The van der Waals surface area contributed by atoms with Crippen molar-refractivity contribution in [3.05, 3.63) is 59.1 Å². The predicted octanol–water partition coefficient (Wildman–Crippen LogP) is 4.03. The Bertz CT molecular complexity index is 845. The molecule has 0 aromatic heterocycles. The minimum Gasteiger partial charge on any atom is -0.489 e. The Balaban J connectivity index is 1.40. The number of alkyl halides is 1. The first-order valence-corrected chi connectivity index (χ1v) is 11.3. The number of carbonyl (C=O) groups excluding carboxylic acids is 1. The first-order valence-electron chi connectivity index (χ1n) is 10.5. The topological polar surface area (TPSA) is 73.8 Å². The highest BCUT2D eigenvalue weighted by molar-refractivity contribution is 6.31. The van der Waals surface area contributed by atoms with Crippen LogP contribution in [0.5, 0.6) is 5.75 Å². The molecule has 3 N–H and O–H groups in total. The van der Waals surface area contributed by atoms with E-state index >= 15 is 0 Å². The van der Waals surface area contributed by atoms with Gasteiger partial charge in [-0.2, -0.15) is 0 Å². The number of ether oxygens (including phenoxy) is 1. The standard InChI is InChI=1S/C23H29Cl2N3O3/c1-16(29)27-21-13-18(24)7-8-22(21)31-15-20(30)14-26-19-9-11-28(12-10-19)23(25)17-5-3-2-4-6-17/h2-8,13,19-20,23,26,30H,9-12,14-15H2,1H3,(H,27,29). The number of anilines is 1. The van der Waals surface area contributed by atoms with Crippen LogP contribution >= 0.6 is 23.2 Å². The van der Waals surface area contributed by atoms with Gasteiger partial charge in [0.2, 0.25) is 5.91 Å². The number of nitrogens with one attached hydrogen (secondary N) is 2. The minimum absolute atomic E-state index is 0.109. The lowest BCUT2D eigenvalue weighted by atomic mass is 10.0. The molecule has 0 saturated carbocycles. The van der Waals surface area contributed by atoms with Crippen molar-refractivity contribution < 1.29 is 14.6 Å². The number of hydrogen-bond acceptors (Lipinski definition) is 5. The van der Waals surface area contributed by atoms with Crippen LogP contribution in [-0.2, 0) is 4.79 Å². The Morgan fingerprint density at radius 3 is 2.61 bits per heavy atom. The van der Waals surface area contributed by atoms with Crippen LogP contribution < -0.4 is 15.4 Å². The second-order valence-electron chi connectivity index (χ2n) is 7.75. The van der Waals surface area contributed by atoms with Gasteiger partial charge in [-0.15, -0.1) is 11.6 Å². The Labute approximate surface area is 193 Å². The Morgan fingerprint density at radius 1 is 1.23 bits per heavy atom. The quantitative estimate of drug-likeness (QED) is 0.385. The highest BCUT2D eigenvalue weighted by Gasteiger charge is 2.25. The first-order chi connectivity index (χ1) is 14.9. The maximum absolute atomic E-state index is 11.4. The molecule has 2 atom stereocenters. The third kappa shape index (κ3) is 7.37. The second-order valence-corrected chi connectivity index (χ2v) is 8.60. The van der Waals surface area contributed by atoms with Gasteiger partial charge in [-0.1, -0.05) is 41.9 Å². The predicted molar refractivity (Wildman–Crippen MR) is 125 cm³/mol. The molecule has 1 heterocycles. The van der Waals surface area contributed by atoms with Gasteiger partial charge in [-0.3, -0.25) is 9.69 Å². The summed E-state index contributed by atoms with van der Waals surface area (Å²) in [5, 5.41) is 16.9. The number of benzene rings is 2. The van der Waals surface area contributed by atoms with E-state index in [-0.39, 0.29) is 18.0 Å². The van der Waals surface area contributed by atoms with E-state index in [0.29, 0.717) is 29.0 Å². The third-order valence-corrected chi connectivity index (χ3v) is 6.01. The van der Waals surface area contributed by atoms with Gasteiger partial charge in [-0.05, 0) is 36.6 Å². The smallest absolute Gasteiger partial charge is 0.221 e. The molecule has 31 heavy (non-hydrogen) atoms. The molecule has 2 aromatic carbocycles. The number of amides is 1. The van der Waals surface area contributed by atoms with Crippen LogP contribution in [0.4, 0.5) is 5.69 Å². The van der Waals surface area contributed by atoms with Crippen molar-refractivity contribution in [3.63, 3.8) is 0 Å². The van der Waals surface area contributed by atoms with Crippen molar-refractivity contribution >= 4 is 34.8 Å². The van der Waals surface area contributed by atoms with E-state index in [1.54, 1.807) is 18.2 Å². The highest BCUT2D eigenvalue weighted by Crippen LogP contribution is 2.29. The molecule has 6 nitrogen and oxygen atoms in total. The van der Waals surface area contributed by atoms with Gasteiger partial charge in [0.05, 0.1) is 5.69 Å². The summed E-state index contributed by atoms with van der Waals surface area (Å²) in [4.78, 5) is 13.6. The SMILES string of the molecule is CC(=O)Nc1cc(Cl)ccc1OCC(O)CNC1CCN(C(Cl)c2ccccc2)CC1. The summed E-state index contributed by atoms with van der Waals surface area (Å²) >= 11 is 12.6. The third-order valence-electron chi connectivity index (χ3n) is 5.25. The lowest BCUT2D eigenvalue weighted by Gasteiger charge is -2.35. The van der Waals surface area contributed by atoms with Crippen molar-refractivity contribution in [2.24, 2.45) is 0 Å². The van der Waals surface area contributed by atoms with Crippen LogP contribution in [0.25, 0.3) is 0 Å². The summed E-state index contributed by atoms with van der Waals surface area (Å²) in [5.41, 5.74) is 1.49. The molecular formula is C23H29Cl2N3O3. The van der Waals surface area contributed by atoms with Gasteiger partial charge >= 0.3 is 0 Å². The Kier molecular flexibility index (Phi) is 8.99. The van der Waals surface area contributed by atoms with Gasteiger partial charge in [-0.25, -0.2) is 0 Å². The number of aliphatic hydroxyl groups is 1. The molecule has 168 valence electrons. The molecule has 0 radical (unpaired) electrons. The zero-order chi connectivity index (χ0) is 22.2. The fourth-order valence-electron chi connectivity index (χ4n) is 3.62. The van der Waals surface area contributed by atoms with Crippen LogP contribution in [-0.4, -0.2) is 54.3 Å². The van der Waals surface area contributed by atoms with Crippen molar-refractivity contribution in [3.8, 4) is 5.75 Å². The van der Waals surface area contributed by atoms with Crippen molar-refractivity contribution in [2.75, 3.05) is 31.6 Å². The maximum atomic E-state index is 11.4. The monoisotopic (exact) mass is 465 g/mol. The van der Waals surface area contributed by atoms with E-state index in [1.807, 2.05) is 18.2 Å². The normalized spacial score (nSPS) is 17.2. The number of halogens is 2. The van der Waals surface area contributed by atoms with Gasteiger partial charge < -0.3 is 20.5 Å². The largest absolute Gasteiger partial charge is 0.489 e. The highest BCUT2D eigenvalue weighted by atomic mass is 35.5. The molecule has 0 bridgehead atoms. The van der Waals surface area contributed by atoms with E-state index in [1.165, 1.54) is 6.92 Å². The summed E-state index contributed by atoms with van der Waals surface area (Å²) in [5.74, 6) is 0.258. The molecule has 0 spiro atoms. The molecule has 0 aliphatic carbocycles. The molecule has 3 rings (SSSR count). The summed E-state index contributed by atoms with van der Waals surface area (Å²) in [7, 11) is 0. The number of carbonyl (C=O) groups is 1. The summed E-state index contributed by atoms with van der Waals surface area (Å²) in [6.07, 6.45) is 1.25. The van der Waals surface area contributed by atoms with Crippen LogP contribution in [0.15, 0.2) is 48.5 Å². The van der Waals surface area contributed by atoms with E-state index in [4.69, 9.17) is 27.9 Å². The lowest BCUT2D eigenvalue weighted by Crippen LogP contribution is -2.45. The van der Waals surface area contributed by atoms with Crippen LogP contribution in [0.1, 0.15) is 30.8 Å². The fraction of sp³-hybridized carbons (Fsp3) is 0.435. The van der Waals surface area contributed by atoms with Gasteiger partial charge in [0, 0.05) is 37.6 Å². The van der Waals surface area contributed by atoms with E-state index < -0.39 is 6.10 Å². The maximum Gasteiger partial charge on any atom is 0.221 e. The van der Waals surface area contributed by atoms with Gasteiger partial charge in [0.1, 0.15) is 24.0 Å². The lowest BCUT2D eigenvalue weighted by molar-refractivity contribution is -0.114. The summed E-state index contributed by atoms with van der Waals surface area (Å²) in [6, 6.07) is 15.4. The molecule has 2 unspecified atom stereocenters. The molecule has 1 fully saturated rings. The second kappa shape index (κ2) is 11.7. The average Bonchev–Trinajstić information content (AvgIpc) is 2.77. The Hall–Kier alpha value is -1.83. The van der Waals surface area contributed by atoms with Crippen LogP contribution in [0, 0.1) is 0 Å². The van der Waals surface area contributed by atoms with Gasteiger partial charge in [0.15, 0.2) is 0 Å². The van der Waals surface area contributed by atoms with Crippen molar-refractivity contribution in [1.82, 2.24) is 10.2 Å². The van der Waals surface area contributed by atoms with Crippen LogP contribution in [0.3, 0.4) is 0 Å². The molecular weight excluding hydrogens is 437 g/mol. The summed E-state index contributed by atoms with van der Waals surface area (Å²) < 4.78 is 5.70. The van der Waals surface area contributed by atoms with Crippen molar-refractivity contribution in [1.29, 1.82) is 0 Å². The first kappa shape index (κ1) is 23.8. The molecule has 8 heteroatoms. The number of hydrogen-bond donors (Lipinski definition) is 3. The molecule has 1 amide bonds. The fourth-order valence-corrected chi connectivity index (χ4v) is 4.13. The van der Waals surface area contributed by atoms with Crippen LogP contribution in [0.2, 0.25) is 5.02 Å². The number of aliphatic hydroxyl groups excluding tert-OH is 1. The van der Waals surface area contributed by atoms with E-state index in [0.717, 1.165) is 31.5 Å². The molecule has 1 saturated heterocycles.